The molecule has 0 aliphatic heterocycles. The number of amides is 1. The van der Waals surface area contributed by atoms with Crippen LogP contribution in [-0.2, 0) is 6.54 Å². The molecule has 3 rings (SSSR count). The first-order chi connectivity index (χ1) is 11.5. The van der Waals surface area contributed by atoms with Gasteiger partial charge in [-0.15, -0.1) is 0 Å². The van der Waals surface area contributed by atoms with Crippen LogP contribution in [0.2, 0.25) is 0 Å². The molecule has 2 heterocycles. The average Bonchev–Trinajstić information content (AvgIpc) is 2.92. The van der Waals surface area contributed by atoms with Gasteiger partial charge in [-0.3, -0.25) is 14.9 Å². The fraction of sp³-hybridized carbons (Fsp3) is 0.294. The number of rotatable bonds is 4. The molecule has 124 valence electrons. The maximum absolute atomic E-state index is 12.4. The van der Waals surface area contributed by atoms with Crippen molar-refractivity contribution in [2.45, 2.75) is 33.7 Å². The molecular weight excluding hydrogens is 324 g/mol. The summed E-state index contributed by atoms with van der Waals surface area (Å²) in [5, 5.41) is 7.41. The first-order valence-corrected chi connectivity index (χ1v) is 8.57. The Balaban J connectivity index is 1.88. The van der Waals surface area contributed by atoms with Gasteiger partial charge in [0.05, 0.1) is 10.2 Å². The molecule has 24 heavy (non-hydrogen) atoms. The highest BCUT2D eigenvalue weighted by Crippen LogP contribution is 2.29. The molecule has 7 heteroatoms. The van der Waals surface area contributed by atoms with E-state index < -0.39 is 0 Å². The SMILES string of the molecule is CCCn1nc(C(=O)Nc2nc3c(C)cc(C)cc3s2)ccc1=O. The summed E-state index contributed by atoms with van der Waals surface area (Å²) in [5.41, 5.74) is 3.13. The third-order valence-electron chi connectivity index (χ3n) is 3.58. The molecule has 0 saturated heterocycles. The van der Waals surface area contributed by atoms with Crippen LogP contribution in [0.3, 0.4) is 0 Å². The van der Waals surface area contributed by atoms with E-state index in [0.29, 0.717) is 11.7 Å². The first-order valence-electron chi connectivity index (χ1n) is 7.75. The van der Waals surface area contributed by atoms with Crippen LogP contribution in [0.25, 0.3) is 10.2 Å². The van der Waals surface area contributed by atoms with E-state index in [1.807, 2.05) is 20.8 Å². The quantitative estimate of drug-likeness (QED) is 0.790. The van der Waals surface area contributed by atoms with Gasteiger partial charge >= 0.3 is 0 Å². The molecular formula is C17H18N4O2S. The summed E-state index contributed by atoms with van der Waals surface area (Å²) in [6, 6.07) is 6.92. The second kappa shape index (κ2) is 6.52. The predicted molar refractivity (Wildman–Crippen MR) is 95.8 cm³/mol. The molecule has 0 fully saturated rings. The number of nitrogens with one attached hydrogen (secondary N) is 1. The molecule has 1 N–H and O–H groups in total. The monoisotopic (exact) mass is 342 g/mol. The normalized spacial score (nSPS) is 11.0. The first kappa shape index (κ1) is 16.3. The maximum atomic E-state index is 12.4. The number of carbonyl (C=O) groups excluding carboxylic acids is 1. The van der Waals surface area contributed by atoms with Crippen LogP contribution in [0.1, 0.15) is 35.0 Å². The van der Waals surface area contributed by atoms with Gasteiger partial charge < -0.3 is 0 Å². The highest BCUT2D eigenvalue weighted by atomic mass is 32.1. The molecule has 0 bridgehead atoms. The van der Waals surface area contributed by atoms with E-state index >= 15 is 0 Å². The Morgan fingerprint density at radius 1 is 1.29 bits per heavy atom. The Kier molecular flexibility index (Phi) is 4.44. The van der Waals surface area contributed by atoms with E-state index in [1.165, 1.54) is 28.2 Å². The number of carbonyl (C=O) groups is 1. The van der Waals surface area contributed by atoms with Crippen molar-refractivity contribution in [1.29, 1.82) is 0 Å². The summed E-state index contributed by atoms with van der Waals surface area (Å²) in [4.78, 5) is 28.6. The second-order valence-electron chi connectivity index (χ2n) is 5.68. The van der Waals surface area contributed by atoms with Gasteiger partial charge in [0.25, 0.3) is 11.5 Å². The number of benzene rings is 1. The van der Waals surface area contributed by atoms with Crippen LogP contribution in [0.4, 0.5) is 5.13 Å². The van der Waals surface area contributed by atoms with Crippen molar-refractivity contribution in [2.24, 2.45) is 0 Å². The van der Waals surface area contributed by atoms with Gasteiger partial charge in [0.1, 0.15) is 5.69 Å². The van der Waals surface area contributed by atoms with Crippen LogP contribution in [0, 0.1) is 13.8 Å². The number of fused-ring (bicyclic) bond motifs is 1. The van der Waals surface area contributed by atoms with Gasteiger partial charge in [0.15, 0.2) is 5.13 Å². The minimum Gasteiger partial charge on any atom is -0.296 e. The fourth-order valence-corrected chi connectivity index (χ4v) is 3.56. The Labute approximate surface area is 143 Å². The summed E-state index contributed by atoms with van der Waals surface area (Å²) in [6.07, 6.45) is 0.772. The van der Waals surface area contributed by atoms with E-state index in [1.54, 1.807) is 0 Å². The number of hydrogen-bond donors (Lipinski definition) is 1. The van der Waals surface area contributed by atoms with E-state index in [9.17, 15) is 9.59 Å². The van der Waals surface area contributed by atoms with Crippen molar-refractivity contribution >= 4 is 32.6 Å². The van der Waals surface area contributed by atoms with Crippen molar-refractivity contribution < 1.29 is 4.79 Å². The van der Waals surface area contributed by atoms with Crippen LogP contribution in [-0.4, -0.2) is 20.7 Å². The predicted octanol–water partition coefficient (Wildman–Crippen LogP) is 3.13. The number of aryl methyl sites for hydroxylation is 3. The van der Waals surface area contributed by atoms with Crippen molar-refractivity contribution in [1.82, 2.24) is 14.8 Å². The standard InChI is InChI=1S/C17H18N4O2S/c1-4-7-21-14(22)6-5-12(20-21)16(23)19-17-18-15-11(3)8-10(2)9-13(15)24-17/h5-6,8-9H,4,7H2,1-3H3,(H,18,19,23). The van der Waals surface area contributed by atoms with Gasteiger partial charge in [-0.25, -0.2) is 9.67 Å². The summed E-state index contributed by atoms with van der Waals surface area (Å²) in [5.74, 6) is -0.367. The third-order valence-corrected chi connectivity index (χ3v) is 4.50. The van der Waals surface area contributed by atoms with Gasteiger partial charge in [0, 0.05) is 12.6 Å². The Morgan fingerprint density at radius 3 is 2.83 bits per heavy atom. The molecule has 1 aromatic carbocycles. The van der Waals surface area contributed by atoms with Gasteiger partial charge in [-0.1, -0.05) is 24.3 Å². The summed E-state index contributed by atoms with van der Waals surface area (Å²) in [6.45, 7) is 6.47. The fourth-order valence-electron chi connectivity index (χ4n) is 2.53. The summed E-state index contributed by atoms with van der Waals surface area (Å²) < 4.78 is 2.34. The zero-order valence-electron chi connectivity index (χ0n) is 13.8. The molecule has 0 aliphatic rings. The zero-order chi connectivity index (χ0) is 17.3. The van der Waals surface area contributed by atoms with Crippen LogP contribution < -0.4 is 10.9 Å². The van der Waals surface area contributed by atoms with Crippen molar-refractivity contribution in [3.63, 3.8) is 0 Å². The van der Waals surface area contributed by atoms with E-state index in [4.69, 9.17) is 0 Å². The van der Waals surface area contributed by atoms with E-state index in [0.717, 1.165) is 27.8 Å². The molecule has 0 saturated carbocycles. The Bertz CT molecular complexity index is 974. The maximum Gasteiger partial charge on any atom is 0.277 e. The number of aromatic nitrogens is 3. The smallest absolute Gasteiger partial charge is 0.277 e. The molecule has 2 aromatic heterocycles. The van der Waals surface area contributed by atoms with E-state index in [-0.39, 0.29) is 17.2 Å². The minimum absolute atomic E-state index is 0.204. The van der Waals surface area contributed by atoms with Crippen LogP contribution in [0.5, 0.6) is 0 Å². The lowest BCUT2D eigenvalue weighted by molar-refractivity contribution is 0.102. The number of nitrogens with zero attached hydrogens (tertiary/aromatic N) is 3. The second-order valence-corrected chi connectivity index (χ2v) is 6.71. The minimum atomic E-state index is -0.367. The highest BCUT2D eigenvalue weighted by molar-refractivity contribution is 7.22. The summed E-state index contributed by atoms with van der Waals surface area (Å²) in [7, 11) is 0. The van der Waals surface area contributed by atoms with Crippen LogP contribution >= 0.6 is 11.3 Å². The number of anilines is 1. The molecule has 6 nitrogen and oxygen atoms in total. The van der Waals surface area contributed by atoms with Crippen molar-refractivity contribution in [3.8, 4) is 0 Å². The molecule has 0 unspecified atom stereocenters. The molecule has 0 spiro atoms. The lowest BCUT2D eigenvalue weighted by Crippen LogP contribution is -2.26. The van der Waals surface area contributed by atoms with E-state index in [2.05, 4.69) is 27.5 Å². The zero-order valence-corrected chi connectivity index (χ0v) is 14.6. The summed E-state index contributed by atoms with van der Waals surface area (Å²) >= 11 is 1.43. The molecule has 0 atom stereocenters. The molecule has 0 aliphatic carbocycles. The number of hydrogen-bond acceptors (Lipinski definition) is 5. The average molecular weight is 342 g/mol. The molecule has 0 radical (unpaired) electrons. The molecule has 1 amide bonds. The largest absolute Gasteiger partial charge is 0.296 e. The van der Waals surface area contributed by atoms with Gasteiger partial charge in [-0.05, 0) is 43.5 Å². The highest BCUT2D eigenvalue weighted by Gasteiger charge is 2.13. The Morgan fingerprint density at radius 2 is 2.08 bits per heavy atom. The Hall–Kier alpha value is -2.54. The third kappa shape index (κ3) is 3.21. The molecule has 3 aromatic rings. The van der Waals surface area contributed by atoms with Crippen LogP contribution in [0.15, 0.2) is 29.1 Å². The van der Waals surface area contributed by atoms with Crippen molar-refractivity contribution in [3.05, 3.63) is 51.4 Å². The van der Waals surface area contributed by atoms with Crippen molar-refractivity contribution in [2.75, 3.05) is 5.32 Å². The lowest BCUT2D eigenvalue weighted by atomic mass is 10.1. The van der Waals surface area contributed by atoms with Gasteiger partial charge in [-0.2, -0.15) is 5.10 Å². The number of thiazole rings is 1. The van der Waals surface area contributed by atoms with Gasteiger partial charge in [0.2, 0.25) is 0 Å². The topological polar surface area (TPSA) is 76.9 Å². The lowest BCUT2D eigenvalue weighted by Gasteiger charge is -2.05.